The highest BCUT2D eigenvalue weighted by molar-refractivity contribution is 9.10. The van der Waals surface area contributed by atoms with Gasteiger partial charge in [-0.3, -0.25) is 14.9 Å². The number of halogens is 2. The predicted octanol–water partition coefficient (Wildman–Crippen LogP) is 5.11. The van der Waals surface area contributed by atoms with Gasteiger partial charge in [-0.15, -0.1) is 0 Å². The first-order valence-corrected chi connectivity index (χ1v) is 8.84. The second-order valence-corrected chi connectivity index (χ2v) is 6.53. The van der Waals surface area contributed by atoms with Crippen molar-refractivity contribution in [2.24, 2.45) is 0 Å². The summed E-state index contributed by atoms with van der Waals surface area (Å²) in [5.41, 5.74) is 1.13. The summed E-state index contributed by atoms with van der Waals surface area (Å²) in [6, 6.07) is 9.67. The second-order valence-electron chi connectivity index (χ2n) is 5.21. The van der Waals surface area contributed by atoms with Crippen LogP contribution in [0.4, 0.5) is 17.1 Å². The molecule has 6 nitrogen and oxygen atoms in total. The molecule has 2 rings (SSSR count). The third-order valence-electron chi connectivity index (χ3n) is 3.72. The molecule has 2 aromatic carbocycles. The lowest BCUT2D eigenvalue weighted by molar-refractivity contribution is -0.384. The van der Waals surface area contributed by atoms with Crippen LogP contribution in [-0.2, 0) is 0 Å². The quantitative estimate of drug-likeness (QED) is 0.514. The molecule has 0 atom stereocenters. The van der Waals surface area contributed by atoms with Crippen molar-refractivity contribution < 1.29 is 9.72 Å². The molecule has 25 heavy (non-hydrogen) atoms. The average Bonchev–Trinajstić information content (AvgIpc) is 2.58. The molecule has 0 spiro atoms. The van der Waals surface area contributed by atoms with E-state index in [9.17, 15) is 14.9 Å². The smallest absolute Gasteiger partial charge is 0.294 e. The standard InChI is InChI=1S/C17H17BrClN3O3/c1-3-21(4-2)15-10-14(13(19)9-16(15)22(24)25)20-17(23)11-5-7-12(18)8-6-11/h5-10H,3-4H2,1-2H3,(H,20,23). The van der Waals surface area contributed by atoms with E-state index in [-0.39, 0.29) is 16.6 Å². The number of rotatable bonds is 6. The van der Waals surface area contributed by atoms with Gasteiger partial charge in [-0.25, -0.2) is 0 Å². The van der Waals surface area contributed by atoms with Crippen LogP contribution in [0, 0.1) is 10.1 Å². The number of benzene rings is 2. The molecule has 0 saturated heterocycles. The van der Waals surface area contributed by atoms with Crippen LogP contribution in [0.15, 0.2) is 40.9 Å². The van der Waals surface area contributed by atoms with Crippen molar-refractivity contribution in [2.75, 3.05) is 23.3 Å². The maximum Gasteiger partial charge on any atom is 0.294 e. The van der Waals surface area contributed by atoms with Crippen LogP contribution in [0.5, 0.6) is 0 Å². The molecule has 0 bridgehead atoms. The van der Waals surface area contributed by atoms with Crippen LogP contribution in [0.25, 0.3) is 0 Å². The fourth-order valence-electron chi connectivity index (χ4n) is 2.41. The Bertz CT molecular complexity index is 792. The number of carbonyl (C=O) groups is 1. The SMILES string of the molecule is CCN(CC)c1cc(NC(=O)c2ccc(Br)cc2)c(Cl)cc1[N+](=O)[O-]. The lowest BCUT2D eigenvalue weighted by atomic mass is 10.2. The Labute approximate surface area is 159 Å². The first-order chi connectivity index (χ1) is 11.9. The van der Waals surface area contributed by atoms with Gasteiger partial charge in [0, 0.05) is 29.2 Å². The molecule has 0 aliphatic carbocycles. The van der Waals surface area contributed by atoms with Gasteiger partial charge in [0.15, 0.2) is 0 Å². The fraction of sp³-hybridized carbons (Fsp3) is 0.235. The lowest BCUT2D eigenvalue weighted by Gasteiger charge is -2.22. The summed E-state index contributed by atoms with van der Waals surface area (Å²) in [7, 11) is 0. The van der Waals surface area contributed by atoms with E-state index in [1.165, 1.54) is 6.07 Å². The molecule has 0 aliphatic rings. The Balaban J connectivity index is 2.40. The number of carbonyl (C=O) groups excluding carboxylic acids is 1. The van der Waals surface area contributed by atoms with E-state index in [1.807, 2.05) is 18.7 Å². The van der Waals surface area contributed by atoms with Crippen LogP contribution >= 0.6 is 27.5 Å². The molecule has 1 amide bonds. The minimum atomic E-state index is -0.472. The fourth-order valence-corrected chi connectivity index (χ4v) is 2.88. The van der Waals surface area contributed by atoms with Gasteiger partial charge in [0.25, 0.3) is 11.6 Å². The molecule has 132 valence electrons. The number of hydrogen-bond acceptors (Lipinski definition) is 4. The molecule has 0 fully saturated rings. The zero-order valence-corrected chi connectivity index (χ0v) is 16.1. The van der Waals surface area contributed by atoms with Gasteiger partial charge in [-0.05, 0) is 44.2 Å². The summed E-state index contributed by atoms with van der Waals surface area (Å²) in [5.74, 6) is -0.339. The monoisotopic (exact) mass is 425 g/mol. The lowest BCUT2D eigenvalue weighted by Crippen LogP contribution is -2.23. The van der Waals surface area contributed by atoms with E-state index >= 15 is 0 Å². The molecular formula is C17H17BrClN3O3. The summed E-state index contributed by atoms with van der Waals surface area (Å²) < 4.78 is 0.862. The van der Waals surface area contributed by atoms with Crippen LogP contribution in [0.3, 0.4) is 0 Å². The molecule has 0 saturated carbocycles. The minimum Gasteiger partial charge on any atom is -0.366 e. The summed E-state index contributed by atoms with van der Waals surface area (Å²) in [6.45, 7) is 5.00. The van der Waals surface area contributed by atoms with Gasteiger partial charge in [0.05, 0.1) is 15.6 Å². The number of nitrogens with one attached hydrogen (secondary N) is 1. The van der Waals surface area contributed by atoms with Gasteiger partial charge >= 0.3 is 0 Å². The summed E-state index contributed by atoms with van der Waals surface area (Å²) >= 11 is 9.46. The molecular weight excluding hydrogens is 410 g/mol. The van der Waals surface area contributed by atoms with Crippen molar-refractivity contribution in [3.05, 3.63) is 61.6 Å². The Morgan fingerprint density at radius 1 is 1.24 bits per heavy atom. The van der Waals surface area contributed by atoms with Crippen molar-refractivity contribution in [2.45, 2.75) is 13.8 Å². The second kappa shape index (κ2) is 8.31. The highest BCUT2D eigenvalue weighted by atomic mass is 79.9. The van der Waals surface area contributed by atoms with Gasteiger partial charge in [-0.2, -0.15) is 0 Å². The number of amides is 1. The van der Waals surface area contributed by atoms with Crippen molar-refractivity contribution in [1.82, 2.24) is 0 Å². The topological polar surface area (TPSA) is 75.5 Å². The first-order valence-electron chi connectivity index (χ1n) is 7.67. The van der Waals surface area contributed by atoms with Crippen molar-refractivity contribution in [3.8, 4) is 0 Å². The van der Waals surface area contributed by atoms with Crippen molar-refractivity contribution in [1.29, 1.82) is 0 Å². The molecule has 1 N–H and O–H groups in total. The van der Waals surface area contributed by atoms with E-state index in [0.29, 0.717) is 30.0 Å². The molecule has 0 heterocycles. The summed E-state index contributed by atoms with van der Waals surface area (Å²) in [4.78, 5) is 25.1. The summed E-state index contributed by atoms with van der Waals surface area (Å²) in [5, 5.41) is 14.2. The third kappa shape index (κ3) is 4.49. The maximum atomic E-state index is 12.4. The highest BCUT2D eigenvalue weighted by Crippen LogP contribution is 2.36. The van der Waals surface area contributed by atoms with E-state index in [1.54, 1.807) is 30.3 Å². The normalized spacial score (nSPS) is 10.4. The number of anilines is 2. The number of nitrogens with zero attached hydrogens (tertiary/aromatic N) is 2. The number of nitro groups is 1. The molecule has 2 aromatic rings. The van der Waals surface area contributed by atoms with E-state index < -0.39 is 4.92 Å². The number of hydrogen-bond donors (Lipinski definition) is 1. The molecule has 0 radical (unpaired) electrons. The van der Waals surface area contributed by atoms with E-state index in [4.69, 9.17) is 11.6 Å². The van der Waals surface area contributed by atoms with Gasteiger partial charge in [0.1, 0.15) is 5.69 Å². The predicted molar refractivity (Wildman–Crippen MR) is 104 cm³/mol. The zero-order valence-electron chi connectivity index (χ0n) is 13.8. The van der Waals surface area contributed by atoms with Crippen molar-refractivity contribution in [3.63, 3.8) is 0 Å². The van der Waals surface area contributed by atoms with Crippen LogP contribution in [-0.4, -0.2) is 23.9 Å². The average molecular weight is 427 g/mol. The Kier molecular flexibility index (Phi) is 6.39. The van der Waals surface area contributed by atoms with Crippen LogP contribution in [0.2, 0.25) is 5.02 Å². The largest absolute Gasteiger partial charge is 0.366 e. The van der Waals surface area contributed by atoms with Gasteiger partial charge < -0.3 is 10.2 Å². The Hall–Kier alpha value is -2.12. The highest BCUT2D eigenvalue weighted by Gasteiger charge is 2.22. The van der Waals surface area contributed by atoms with Crippen LogP contribution < -0.4 is 10.2 Å². The van der Waals surface area contributed by atoms with E-state index in [0.717, 1.165) is 4.47 Å². The third-order valence-corrected chi connectivity index (χ3v) is 4.56. The molecule has 0 aromatic heterocycles. The Morgan fingerprint density at radius 2 is 1.84 bits per heavy atom. The molecule has 0 unspecified atom stereocenters. The molecule has 8 heteroatoms. The van der Waals surface area contributed by atoms with Gasteiger partial charge in [-0.1, -0.05) is 27.5 Å². The minimum absolute atomic E-state index is 0.0876. The zero-order chi connectivity index (χ0) is 18.6. The van der Waals surface area contributed by atoms with Crippen molar-refractivity contribution >= 4 is 50.5 Å². The maximum absolute atomic E-state index is 12.4. The van der Waals surface area contributed by atoms with Crippen LogP contribution in [0.1, 0.15) is 24.2 Å². The molecule has 0 aliphatic heterocycles. The number of nitro benzene ring substituents is 1. The summed E-state index contributed by atoms with van der Waals surface area (Å²) in [6.07, 6.45) is 0. The Morgan fingerprint density at radius 3 is 2.36 bits per heavy atom. The van der Waals surface area contributed by atoms with E-state index in [2.05, 4.69) is 21.2 Å². The first kappa shape index (κ1) is 19.2. The van der Waals surface area contributed by atoms with Gasteiger partial charge in [0.2, 0.25) is 0 Å².